The maximum absolute atomic E-state index is 5.61. The molecule has 0 amide bonds. The van der Waals surface area contributed by atoms with Crippen molar-refractivity contribution < 1.29 is 9.47 Å². The molecule has 0 aromatic heterocycles. The van der Waals surface area contributed by atoms with Crippen molar-refractivity contribution in [2.75, 3.05) is 19.1 Å². The van der Waals surface area contributed by atoms with Gasteiger partial charge in [0.25, 0.3) is 0 Å². The summed E-state index contributed by atoms with van der Waals surface area (Å²) in [4.78, 5) is 0. The van der Waals surface area contributed by atoms with Gasteiger partial charge in [-0.2, -0.15) is 0 Å². The summed E-state index contributed by atoms with van der Waals surface area (Å²) in [6.45, 7) is 5.49. The Morgan fingerprint density at radius 2 is 1.44 bits per heavy atom. The fraction of sp³-hybridized carbons (Fsp3) is 1.00. The number of rotatable bonds is 12. The van der Waals surface area contributed by atoms with E-state index in [4.69, 9.17) is 21.1 Å². The highest BCUT2D eigenvalue weighted by molar-refractivity contribution is 6.17. The monoisotopic (exact) mass is 250 g/mol. The Morgan fingerprint density at radius 1 is 0.875 bits per heavy atom. The summed E-state index contributed by atoms with van der Waals surface area (Å²) < 4.78 is 10.8. The number of unbranched alkanes of at least 4 members (excludes halogenated alkanes) is 6. The fourth-order valence-corrected chi connectivity index (χ4v) is 1.80. The van der Waals surface area contributed by atoms with Crippen molar-refractivity contribution in [2.45, 2.75) is 65.1 Å². The molecule has 98 valence electrons. The molecule has 2 nitrogen and oxygen atoms in total. The van der Waals surface area contributed by atoms with Crippen LogP contribution in [0, 0.1) is 0 Å². The van der Waals surface area contributed by atoms with Gasteiger partial charge in [0.15, 0.2) is 6.29 Å². The first kappa shape index (κ1) is 16.2. The van der Waals surface area contributed by atoms with Gasteiger partial charge < -0.3 is 9.47 Å². The van der Waals surface area contributed by atoms with Crippen LogP contribution in [-0.2, 0) is 9.47 Å². The molecule has 0 N–H and O–H groups in total. The van der Waals surface area contributed by atoms with E-state index >= 15 is 0 Å². The second-order valence-electron chi connectivity index (χ2n) is 4.06. The summed E-state index contributed by atoms with van der Waals surface area (Å²) in [6.07, 6.45) is 8.77. The van der Waals surface area contributed by atoms with Crippen LogP contribution in [0.15, 0.2) is 0 Å². The fourth-order valence-electron chi connectivity index (χ4n) is 1.61. The van der Waals surface area contributed by atoms with E-state index in [1.54, 1.807) is 0 Å². The van der Waals surface area contributed by atoms with Crippen LogP contribution in [0.25, 0.3) is 0 Å². The Kier molecular flexibility index (Phi) is 13.4. The summed E-state index contributed by atoms with van der Waals surface area (Å²) in [7, 11) is 0. The van der Waals surface area contributed by atoms with E-state index in [0.29, 0.717) is 0 Å². The number of ether oxygens (including phenoxy) is 2. The van der Waals surface area contributed by atoms with E-state index in [2.05, 4.69) is 0 Å². The molecule has 16 heavy (non-hydrogen) atoms. The summed E-state index contributed by atoms with van der Waals surface area (Å²) in [6, 6.07) is 0. The summed E-state index contributed by atoms with van der Waals surface area (Å²) in [5.41, 5.74) is 0. The first-order valence-corrected chi connectivity index (χ1v) is 7.13. The van der Waals surface area contributed by atoms with Crippen molar-refractivity contribution in [1.82, 2.24) is 0 Å². The second-order valence-corrected chi connectivity index (χ2v) is 4.44. The lowest BCUT2D eigenvalue weighted by atomic mass is 10.1. The molecule has 0 bridgehead atoms. The molecule has 0 aliphatic carbocycles. The molecule has 0 saturated heterocycles. The van der Waals surface area contributed by atoms with E-state index in [-0.39, 0.29) is 6.29 Å². The molecule has 0 aliphatic heterocycles. The van der Waals surface area contributed by atoms with Gasteiger partial charge >= 0.3 is 0 Å². The number of hydrogen-bond acceptors (Lipinski definition) is 2. The van der Waals surface area contributed by atoms with Crippen LogP contribution < -0.4 is 0 Å². The van der Waals surface area contributed by atoms with Gasteiger partial charge in [-0.05, 0) is 26.7 Å². The SMILES string of the molecule is CCOC(C)OCCCCCCCCCCl. The molecule has 0 saturated carbocycles. The number of hydrogen-bond donors (Lipinski definition) is 0. The zero-order valence-corrected chi connectivity index (χ0v) is 11.6. The zero-order valence-electron chi connectivity index (χ0n) is 10.8. The lowest BCUT2D eigenvalue weighted by molar-refractivity contribution is -0.127. The smallest absolute Gasteiger partial charge is 0.154 e. The lowest BCUT2D eigenvalue weighted by Gasteiger charge is -2.12. The predicted molar refractivity (Wildman–Crippen MR) is 70.1 cm³/mol. The summed E-state index contributed by atoms with van der Waals surface area (Å²) >= 11 is 5.61. The zero-order chi connectivity index (χ0) is 12.1. The van der Waals surface area contributed by atoms with E-state index in [9.17, 15) is 0 Å². The minimum Gasteiger partial charge on any atom is -0.353 e. The third kappa shape index (κ3) is 12.3. The molecule has 0 fully saturated rings. The minimum absolute atomic E-state index is 0.0475. The molecule has 0 heterocycles. The average Bonchev–Trinajstić information content (AvgIpc) is 2.27. The maximum atomic E-state index is 5.61. The maximum Gasteiger partial charge on any atom is 0.154 e. The average molecular weight is 251 g/mol. The Bertz CT molecular complexity index is 131. The lowest BCUT2D eigenvalue weighted by Crippen LogP contribution is -2.13. The quantitative estimate of drug-likeness (QED) is 0.291. The van der Waals surface area contributed by atoms with Crippen molar-refractivity contribution in [2.24, 2.45) is 0 Å². The Hall–Kier alpha value is 0.210. The van der Waals surface area contributed by atoms with Gasteiger partial charge in [-0.3, -0.25) is 0 Å². The standard InChI is InChI=1S/C13H27ClO2/c1-3-15-13(2)16-12-10-8-6-4-5-7-9-11-14/h13H,3-12H2,1-2H3. The molecule has 1 unspecified atom stereocenters. The third-order valence-electron chi connectivity index (χ3n) is 2.53. The molecule has 0 radical (unpaired) electrons. The molecule has 0 rings (SSSR count). The summed E-state index contributed by atoms with van der Waals surface area (Å²) in [5.74, 6) is 0.809. The first-order valence-electron chi connectivity index (χ1n) is 6.60. The van der Waals surface area contributed by atoms with Crippen molar-refractivity contribution >= 4 is 11.6 Å². The molecular formula is C13H27ClO2. The number of halogens is 1. The van der Waals surface area contributed by atoms with Crippen molar-refractivity contribution in [1.29, 1.82) is 0 Å². The van der Waals surface area contributed by atoms with Gasteiger partial charge in [-0.25, -0.2) is 0 Å². The normalized spacial score (nSPS) is 12.9. The van der Waals surface area contributed by atoms with Gasteiger partial charge in [0.1, 0.15) is 0 Å². The highest BCUT2D eigenvalue weighted by Crippen LogP contribution is 2.08. The largest absolute Gasteiger partial charge is 0.353 e. The molecule has 0 spiro atoms. The Labute approximate surface area is 106 Å². The molecule has 0 aromatic rings. The highest BCUT2D eigenvalue weighted by atomic mass is 35.5. The van der Waals surface area contributed by atoms with E-state index in [0.717, 1.165) is 31.9 Å². The van der Waals surface area contributed by atoms with Crippen molar-refractivity contribution in [3.8, 4) is 0 Å². The van der Waals surface area contributed by atoms with Crippen molar-refractivity contribution in [3.63, 3.8) is 0 Å². The van der Waals surface area contributed by atoms with E-state index in [1.807, 2.05) is 13.8 Å². The first-order chi connectivity index (χ1) is 7.81. The van der Waals surface area contributed by atoms with Crippen LogP contribution in [0.5, 0.6) is 0 Å². The van der Waals surface area contributed by atoms with E-state index in [1.165, 1.54) is 32.1 Å². The molecule has 0 aliphatic rings. The van der Waals surface area contributed by atoms with Gasteiger partial charge in [0.05, 0.1) is 0 Å². The highest BCUT2D eigenvalue weighted by Gasteiger charge is 1.99. The molecule has 1 atom stereocenters. The van der Waals surface area contributed by atoms with Gasteiger partial charge in [0.2, 0.25) is 0 Å². The predicted octanol–water partition coefficient (Wildman–Crippen LogP) is 4.36. The Morgan fingerprint density at radius 3 is 2.00 bits per heavy atom. The Balaban J connectivity index is 2.98. The van der Waals surface area contributed by atoms with Crippen LogP contribution in [0.2, 0.25) is 0 Å². The molecule has 3 heteroatoms. The second kappa shape index (κ2) is 13.3. The van der Waals surface area contributed by atoms with Gasteiger partial charge in [-0.15, -0.1) is 11.6 Å². The van der Waals surface area contributed by atoms with Crippen LogP contribution in [0.4, 0.5) is 0 Å². The van der Waals surface area contributed by atoms with Crippen LogP contribution >= 0.6 is 11.6 Å². The third-order valence-corrected chi connectivity index (χ3v) is 2.80. The molecular weight excluding hydrogens is 224 g/mol. The van der Waals surface area contributed by atoms with Gasteiger partial charge in [-0.1, -0.05) is 32.1 Å². The van der Waals surface area contributed by atoms with Crippen LogP contribution in [0.1, 0.15) is 58.8 Å². The van der Waals surface area contributed by atoms with Gasteiger partial charge in [0, 0.05) is 19.1 Å². The van der Waals surface area contributed by atoms with Crippen LogP contribution in [0.3, 0.4) is 0 Å². The number of alkyl halides is 1. The summed E-state index contributed by atoms with van der Waals surface area (Å²) in [5, 5.41) is 0. The molecule has 0 aromatic carbocycles. The minimum atomic E-state index is -0.0475. The topological polar surface area (TPSA) is 18.5 Å². The van der Waals surface area contributed by atoms with E-state index < -0.39 is 0 Å². The van der Waals surface area contributed by atoms with Crippen LogP contribution in [-0.4, -0.2) is 25.4 Å². The van der Waals surface area contributed by atoms with Crippen molar-refractivity contribution in [3.05, 3.63) is 0 Å².